The smallest absolute Gasteiger partial charge is 0.243 e. The number of carbonyl (C=O) groups excluding carboxylic acids is 2. The third-order valence-corrected chi connectivity index (χ3v) is 3.34. The SMILES string of the molecule is NC1(C(=O)NC2CCCCNC2=O)CCOC1. The van der Waals surface area contributed by atoms with E-state index in [1.165, 1.54) is 0 Å². The van der Waals surface area contributed by atoms with E-state index in [9.17, 15) is 9.59 Å². The van der Waals surface area contributed by atoms with Gasteiger partial charge < -0.3 is 21.1 Å². The molecule has 2 fully saturated rings. The normalized spacial score (nSPS) is 33.9. The minimum atomic E-state index is -0.966. The molecule has 6 heteroatoms. The summed E-state index contributed by atoms with van der Waals surface area (Å²) in [5.41, 5.74) is 4.97. The van der Waals surface area contributed by atoms with Crippen LogP contribution in [0.25, 0.3) is 0 Å². The number of nitrogens with one attached hydrogen (secondary N) is 2. The molecule has 0 bridgehead atoms. The third kappa shape index (κ3) is 2.76. The van der Waals surface area contributed by atoms with Crippen LogP contribution in [0.2, 0.25) is 0 Å². The molecule has 0 spiro atoms. The Labute approximate surface area is 100 Å². The lowest BCUT2D eigenvalue weighted by atomic mass is 9.98. The van der Waals surface area contributed by atoms with Crippen molar-refractivity contribution in [3.63, 3.8) is 0 Å². The Morgan fingerprint density at radius 3 is 3.06 bits per heavy atom. The molecule has 2 atom stereocenters. The molecule has 0 aromatic rings. The van der Waals surface area contributed by atoms with Crippen molar-refractivity contribution in [2.24, 2.45) is 5.73 Å². The van der Waals surface area contributed by atoms with Crippen LogP contribution in [0.4, 0.5) is 0 Å². The van der Waals surface area contributed by atoms with Crippen molar-refractivity contribution >= 4 is 11.8 Å². The molecule has 2 rings (SSSR count). The van der Waals surface area contributed by atoms with Gasteiger partial charge in [0.25, 0.3) is 0 Å². The van der Waals surface area contributed by atoms with Gasteiger partial charge in [-0.2, -0.15) is 0 Å². The minimum Gasteiger partial charge on any atom is -0.379 e. The van der Waals surface area contributed by atoms with Gasteiger partial charge in [0.05, 0.1) is 6.61 Å². The maximum absolute atomic E-state index is 12.0. The summed E-state index contributed by atoms with van der Waals surface area (Å²) in [6, 6.07) is -0.453. The van der Waals surface area contributed by atoms with E-state index in [4.69, 9.17) is 10.5 Å². The first-order chi connectivity index (χ1) is 8.12. The standard InChI is InChI=1S/C11H19N3O3/c12-11(4-6-17-7-11)10(16)14-8-3-1-2-5-13-9(8)15/h8H,1-7,12H2,(H,13,15)(H,14,16). The van der Waals surface area contributed by atoms with Crippen LogP contribution in [0.1, 0.15) is 25.7 Å². The summed E-state index contributed by atoms with van der Waals surface area (Å²) < 4.78 is 5.14. The Morgan fingerprint density at radius 2 is 2.35 bits per heavy atom. The second-order valence-corrected chi connectivity index (χ2v) is 4.77. The van der Waals surface area contributed by atoms with Crippen molar-refractivity contribution in [3.8, 4) is 0 Å². The van der Waals surface area contributed by atoms with Crippen molar-refractivity contribution in [3.05, 3.63) is 0 Å². The van der Waals surface area contributed by atoms with Gasteiger partial charge in [0.2, 0.25) is 11.8 Å². The molecule has 2 aliphatic heterocycles. The average Bonchev–Trinajstić information content (AvgIpc) is 2.65. The molecule has 0 radical (unpaired) electrons. The Bertz CT molecular complexity index is 313. The van der Waals surface area contributed by atoms with Crippen molar-refractivity contribution in [1.29, 1.82) is 0 Å². The van der Waals surface area contributed by atoms with Crippen LogP contribution >= 0.6 is 0 Å². The van der Waals surface area contributed by atoms with Gasteiger partial charge in [-0.05, 0) is 25.7 Å². The lowest BCUT2D eigenvalue weighted by Gasteiger charge is -2.24. The largest absolute Gasteiger partial charge is 0.379 e. The molecule has 0 aromatic carbocycles. The predicted octanol–water partition coefficient (Wildman–Crippen LogP) is -1.11. The number of rotatable bonds is 2. The fourth-order valence-corrected chi connectivity index (χ4v) is 2.14. The lowest BCUT2D eigenvalue weighted by Crippen LogP contribution is -2.58. The molecule has 2 amide bonds. The zero-order valence-electron chi connectivity index (χ0n) is 9.83. The second kappa shape index (κ2) is 5.01. The zero-order valence-corrected chi connectivity index (χ0v) is 9.83. The quantitative estimate of drug-likeness (QED) is 0.571. The maximum atomic E-state index is 12.0. The van der Waals surface area contributed by atoms with Gasteiger partial charge in [0.15, 0.2) is 0 Å². The van der Waals surface area contributed by atoms with Crippen LogP contribution in [-0.2, 0) is 14.3 Å². The summed E-state index contributed by atoms with van der Waals surface area (Å²) in [5.74, 6) is -0.393. The summed E-state index contributed by atoms with van der Waals surface area (Å²) in [5, 5.41) is 5.51. The number of carbonyl (C=O) groups is 2. The van der Waals surface area contributed by atoms with E-state index in [0.29, 0.717) is 26.0 Å². The molecule has 0 aromatic heterocycles. The first-order valence-electron chi connectivity index (χ1n) is 6.07. The molecule has 2 aliphatic rings. The van der Waals surface area contributed by atoms with E-state index < -0.39 is 11.6 Å². The first-order valence-corrected chi connectivity index (χ1v) is 6.07. The van der Waals surface area contributed by atoms with Gasteiger partial charge in [-0.1, -0.05) is 0 Å². The topological polar surface area (TPSA) is 93.5 Å². The fraction of sp³-hybridized carbons (Fsp3) is 0.818. The molecule has 0 saturated carbocycles. The first kappa shape index (κ1) is 12.3. The van der Waals surface area contributed by atoms with E-state index in [0.717, 1.165) is 12.8 Å². The van der Waals surface area contributed by atoms with Crippen molar-refractivity contribution in [2.45, 2.75) is 37.3 Å². The Balaban J connectivity index is 1.94. The minimum absolute atomic E-state index is 0.113. The summed E-state index contributed by atoms with van der Waals surface area (Å²) in [4.78, 5) is 23.7. The molecule has 2 unspecified atom stereocenters. The van der Waals surface area contributed by atoms with Crippen molar-refractivity contribution in [2.75, 3.05) is 19.8 Å². The summed E-state index contributed by atoms with van der Waals surface area (Å²) in [6.07, 6.45) is 3.06. The second-order valence-electron chi connectivity index (χ2n) is 4.77. The molecule has 4 N–H and O–H groups in total. The molecule has 6 nitrogen and oxygen atoms in total. The van der Waals surface area contributed by atoms with E-state index >= 15 is 0 Å². The number of hydrogen-bond donors (Lipinski definition) is 3. The van der Waals surface area contributed by atoms with Crippen LogP contribution in [0.5, 0.6) is 0 Å². The third-order valence-electron chi connectivity index (χ3n) is 3.34. The van der Waals surface area contributed by atoms with Crippen LogP contribution in [0, 0.1) is 0 Å². The molecule has 17 heavy (non-hydrogen) atoms. The van der Waals surface area contributed by atoms with Crippen molar-refractivity contribution < 1.29 is 14.3 Å². The van der Waals surface area contributed by atoms with Gasteiger partial charge in [0.1, 0.15) is 11.6 Å². The highest BCUT2D eigenvalue weighted by molar-refractivity contribution is 5.92. The Hall–Kier alpha value is -1.14. The van der Waals surface area contributed by atoms with Gasteiger partial charge in [-0.25, -0.2) is 0 Å². The molecule has 96 valence electrons. The lowest BCUT2D eigenvalue weighted by molar-refractivity contribution is -0.131. The van der Waals surface area contributed by atoms with Gasteiger partial charge >= 0.3 is 0 Å². The van der Waals surface area contributed by atoms with Crippen LogP contribution in [0.15, 0.2) is 0 Å². The monoisotopic (exact) mass is 241 g/mol. The zero-order chi connectivity index (χ0) is 12.3. The molecule has 2 saturated heterocycles. The number of ether oxygens (including phenoxy) is 1. The molecule has 0 aliphatic carbocycles. The van der Waals surface area contributed by atoms with E-state index in [2.05, 4.69) is 10.6 Å². The van der Waals surface area contributed by atoms with Gasteiger partial charge in [-0.3, -0.25) is 9.59 Å². The van der Waals surface area contributed by atoms with Gasteiger partial charge in [-0.15, -0.1) is 0 Å². The van der Waals surface area contributed by atoms with E-state index in [1.54, 1.807) is 0 Å². The summed E-state index contributed by atoms with van der Waals surface area (Å²) in [7, 11) is 0. The molecular formula is C11H19N3O3. The summed E-state index contributed by atoms with van der Waals surface area (Å²) in [6.45, 7) is 1.41. The maximum Gasteiger partial charge on any atom is 0.243 e. The number of nitrogens with two attached hydrogens (primary N) is 1. The van der Waals surface area contributed by atoms with Crippen molar-refractivity contribution in [1.82, 2.24) is 10.6 Å². The number of hydrogen-bond acceptors (Lipinski definition) is 4. The predicted molar refractivity (Wildman–Crippen MR) is 61.1 cm³/mol. The number of amides is 2. The highest BCUT2D eigenvalue weighted by atomic mass is 16.5. The Kier molecular flexibility index (Phi) is 3.63. The fourth-order valence-electron chi connectivity index (χ4n) is 2.14. The molecular weight excluding hydrogens is 222 g/mol. The van der Waals surface area contributed by atoms with Gasteiger partial charge in [0, 0.05) is 13.2 Å². The van der Waals surface area contributed by atoms with Crippen LogP contribution < -0.4 is 16.4 Å². The van der Waals surface area contributed by atoms with E-state index in [-0.39, 0.29) is 18.4 Å². The highest BCUT2D eigenvalue weighted by Gasteiger charge is 2.39. The molecule has 2 heterocycles. The van der Waals surface area contributed by atoms with Crippen LogP contribution in [-0.4, -0.2) is 43.2 Å². The highest BCUT2D eigenvalue weighted by Crippen LogP contribution is 2.16. The average molecular weight is 241 g/mol. The van der Waals surface area contributed by atoms with E-state index in [1.807, 2.05) is 0 Å². The van der Waals surface area contributed by atoms with Crippen LogP contribution in [0.3, 0.4) is 0 Å². The summed E-state index contributed by atoms with van der Waals surface area (Å²) >= 11 is 0. The Morgan fingerprint density at radius 1 is 1.53 bits per heavy atom.